The van der Waals surface area contributed by atoms with Crippen molar-refractivity contribution < 1.29 is 9.84 Å². The van der Waals surface area contributed by atoms with Crippen LogP contribution in [0.5, 0.6) is 0 Å². The van der Waals surface area contributed by atoms with Crippen molar-refractivity contribution in [2.45, 2.75) is 12.6 Å². The standard InChI is InChI=1S/C6H16N2O2/c1-10-5-4-8-3-2-6(7)9/h6,8-9H,2-5,7H2,1H3. The first kappa shape index (κ1) is 9.84. The van der Waals surface area contributed by atoms with Crippen LogP contribution in [0.4, 0.5) is 0 Å². The number of hydrogen-bond acceptors (Lipinski definition) is 4. The van der Waals surface area contributed by atoms with Gasteiger partial charge < -0.3 is 20.9 Å². The van der Waals surface area contributed by atoms with Gasteiger partial charge in [-0.15, -0.1) is 0 Å². The number of hydrogen-bond donors (Lipinski definition) is 3. The van der Waals surface area contributed by atoms with Gasteiger partial charge in [-0.2, -0.15) is 0 Å². The fraction of sp³-hybridized carbons (Fsp3) is 1.00. The van der Waals surface area contributed by atoms with Crippen LogP contribution in [0, 0.1) is 0 Å². The van der Waals surface area contributed by atoms with Gasteiger partial charge in [-0.25, -0.2) is 0 Å². The molecular weight excluding hydrogens is 132 g/mol. The van der Waals surface area contributed by atoms with Gasteiger partial charge in [0.15, 0.2) is 0 Å². The van der Waals surface area contributed by atoms with Crippen LogP contribution in [-0.4, -0.2) is 38.1 Å². The maximum absolute atomic E-state index is 8.62. The van der Waals surface area contributed by atoms with Gasteiger partial charge in [0.25, 0.3) is 0 Å². The van der Waals surface area contributed by atoms with Gasteiger partial charge in [-0.3, -0.25) is 0 Å². The third-order valence-corrected chi connectivity index (χ3v) is 1.10. The molecule has 0 aliphatic carbocycles. The molecular formula is C6H16N2O2. The second-order valence-electron chi connectivity index (χ2n) is 2.10. The molecule has 0 amide bonds. The van der Waals surface area contributed by atoms with Crippen molar-refractivity contribution in [2.24, 2.45) is 5.73 Å². The molecule has 0 saturated heterocycles. The number of aliphatic hydroxyl groups is 1. The van der Waals surface area contributed by atoms with E-state index in [2.05, 4.69) is 5.32 Å². The molecule has 0 saturated carbocycles. The highest BCUT2D eigenvalue weighted by atomic mass is 16.5. The first-order valence-electron chi connectivity index (χ1n) is 3.40. The molecule has 1 unspecified atom stereocenters. The van der Waals surface area contributed by atoms with E-state index in [1.165, 1.54) is 0 Å². The van der Waals surface area contributed by atoms with E-state index in [0.717, 1.165) is 13.1 Å². The minimum Gasteiger partial charge on any atom is -0.383 e. The Labute approximate surface area is 61.4 Å². The Kier molecular flexibility index (Phi) is 6.84. The zero-order chi connectivity index (χ0) is 7.82. The van der Waals surface area contributed by atoms with Crippen molar-refractivity contribution in [1.29, 1.82) is 0 Å². The molecule has 0 aliphatic heterocycles. The van der Waals surface area contributed by atoms with E-state index in [0.29, 0.717) is 13.0 Å². The van der Waals surface area contributed by atoms with Gasteiger partial charge in [0.05, 0.1) is 6.61 Å². The van der Waals surface area contributed by atoms with E-state index in [1.807, 2.05) is 0 Å². The number of nitrogens with one attached hydrogen (secondary N) is 1. The van der Waals surface area contributed by atoms with Crippen molar-refractivity contribution in [3.63, 3.8) is 0 Å². The molecule has 0 bridgehead atoms. The second-order valence-corrected chi connectivity index (χ2v) is 2.10. The normalized spacial score (nSPS) is 13.5. The Bertz CT molecular complexity index is 68.8. The first-order valence-corrected chi connectivity index (χ1v) is 3.40. The highest BCUT2D eigenvalue weighted by Gasteiger charge is 1.92. The lowest BCUT2D eigenvalue weighted by atomic mass is 10.4. The van der Waals surface area contributed by atoms with E-state index in [-0.39, 0.29) is 0 Å². The minimum absolute atomic E-state index is 0.587. The van der Waals surface area contributed by atoms with Crippen molar-refractivity contribution in [3.8, 4) is 0 Å². The number of aliphatic hydroxyl groups excluding tert-OH is 1. The van der Waals surface area contributed by atoms with Gasteiger partial charge in [0.1, 0.15) is 6.23 Å². The zero-order valence-corrected chi connectivity index (χ0v) is 6.34. The summed E-state index contributed by atoms with van der Waals surface area (Å²) in [6, 6.07) is 0. The summed E-state index contributed by atoms with van der Waals surface area (Å²) in [5, 5.41) is 11.7. The molecule has 10 heavy (non-hydrogen) atoms. The van der Waals surface area contributed by atoms with Crippen LogP contribution in [0.3, 0.4) is 0 Å². The fourth-order valence-corrected chi connectivity index (χ4v) is 0.549. The van der Waals surface area contributed by atoms with Gasteiger partial charge in [0.2, 0.25) is 0 Å². The highest BCUT2D eigenvalue weighted by Crippen LogP contribution is 1.77. The van der Waals surface area contributed by atoms with E-state index < -0.39 is 6.23 Å². The van der Waals surface area contributed by atoms with Gasteiger partial charge in [-0.1, -0.05) is 0 Å². The molecule has 0 aromatic carbocycles. The van der Waals surface area contributed by atoms with Crippen LogP contribution in [-0.2, 0) is 4.74 Å². The molecule has 0 aliphatic rings. The molecule has 62 valence electrons. The molecule has 1 atom stereocenters. The summed E-state index contributed by atoms with van der Waals surface area (Å²) in [7, 11) is 1.65. The Morgan fingerprint density at radius 3 is 2.80 bits per heavy atom. The summed E-state index contributed by atoms with van der Waals surface area (Å²) in [6.07, 6.45) is -0.112. The summed E-state index contributed by atoms with van der Waals surface area (Å²) in [5.74, 6) is 0. The van der Waals surface area contributed by atoms with E-state index in [1.54, 1.807) is 7.11 Å². The number of methoxy groups -OCH3 is 1. The molecule has 0 radical (unpaired) electrons. The number of ether oxygens (including phenoxy) is 1. The highest BCUT2D eigenvalue weighted by molar-refractivity contribution is 4.49. The molecule has 4 nitrogen and oxygen atoms in total. The molecule has 0 aromatic rings. The predicted octanol–water partition coefficient (Wildman–Crippen LogP) is -1.11. The fourth-order valence-electron chi connectivity index (χ4n) is 0.549. The SMILES string of the molecule is COCCNCCC(N)O. The maximum atomic E-state index is 8.62. The van der Waals surface area contributed by atoms with Crippen LogP contribution < -0.4 is 11.1 Å². The molecule has 0 aromatic heterocycles. The summed E-state index contributed by atoms with van der Waals surface area (Å²) < 4.78 is 4.79. The largest absolute Gasteiger partial charge is 0.383 e. The first-order chi connectivity index (χ1) is 4.77. The quantitative estimate of drug-likeness (QED) is 0.330. The molecule has 4 N–H and O–H groups in total. The van der Waals surface area contributed by atoms with Crippen molar-refractivity contribution in [2.75, 3.05) is 26.8 Å². The third-order valence-electron chi connectivity index (χ3n) is 1.10. The van der Waals surface area contributed by atoms with Crippen LogP contribution in [0.15, 0.2) is 0 Å². The minimum atomic E-state index is -0.699. The smallest absolute Gasteiger partial charge is 0.103 e. The Balaban J connectivity index is 2.77. The number of nitrogens with two attached hydrogens (primary N) is 1. The summed E-state index contributed by atoms with van der Waals surface area (Å²) in [6.45, 7) is 2.24. The van der Waals surface area contributed by atoms with Gasteiger partial charge >= 0.3 is 0 Å². The topological polar surface area (TPSA) is 67.5 Å². The van der Waals surface area contributed by atoms with Crippen molar-refractivity contribution in [1.82, 2.24) is 5.32 Å². The molecule has 4 heteroatoms. The Morgan fingerprint density at radius 1 is 1.60 bits per heavy atom. The average molecular weight is 148 g/mol. The molecule has 0 heterocycles. The Morgan fingerprint density at radius 2 is 2.30 bits per heavy atom. The monoisotopic (exact) mass is 148 g/mol. The van der Waals surface area contributed by atoms with Crippen molar-refractivity contribution >= 4 is 0 Å². The zero-order valence-electron chi connectivity index (χ0n) is 6.34. The van der Waals surface area contributed by atoms with E-state index in [9.17, 15) is 0 Å². The second kappa shape index (κ2) is 6.95. The van der Waals surface area contributed by atoms with Crippen LogP contribution >= 0.6 is 0 Å². The average Bonchev–Trinajstić information content (AvgIpc) is 1.87. The summed E-state index contributed by atoms with van der Waals surface area (Å²) in [4.78, 5) is 0. The lowest BCUT2D eigenvalue weighted by Crippen LogP contribution is -2.27. The van der Waals surface area contributed by atoms with Gasteiger partial charge in [0, 0.05) is 13.7 Å². The lowest BCUT2D eigenvalue weighted by Gasteiger charge is -2.04. The lowest BCUT2D eigenvalue weighted by molar-refractivity contribution is 0.166. The van der Waals surface area contributed by atoms with Crippen molar-refractivity contribution in [3.05, 3.63) is 0 Å². The third kappa shape index (κ3) is 7.84. The molecule has 0 fully saturated rings. The molecule has 0 rings (SSSR count). The van der Waals surface area contributed by atoms with Crippen LogP contribution in [0.2, 0.25) is 0 Å². The summed E-state index contributed by atoms with van der Waals surface area (Å²) in [5.41, 5.74) is 5.09. The number of rotatable bonds is 6. The van der Waals surface area contributed by atoms with Crippen LogP contribution in [0.25, 0.3) is 0 Å². The Hall–Kier alpha value is -0.160. The van der Waals surface area contributed by atoms with E-state index in [4.69, 9.17) is 15.6 Å². The summed E-state index contributed by atoms with van der Waals surface area (Å²) >= 11 is 0. The van der Waals surface area contributed by atoms with Gasteiger partial charge in [-0.05, 0) is 13.0 Å². The maximum Gasteiger partial charge on any atom is 0.103 e. The van der Waals surface area contributed by atoms with E-state index >= 15 is 0 Å². The van der Waals surface area contributed by atoms with Crippen LogP contribution in [0.1, 0.15) is 6.42 Å². The molecule has 0 spiro atoms. The predicted molar refractivity (Wildman–Crippen MR) is 39.6 cm³/mol.